The monoisotopic (exact) mass is 547 g/mol. The van der Waals surface area contributed by atoms with E-state index < -0.39 is 5.91 Å². The highest BCUT2D eigenvalue weighted by Crippen LogP contribution is 2.41. The zero-order chi connectivity index (χ0) is 27.5. The van der Waals surface area contributed by atoms with E-state index in [9.17, 15) is 4.79 Å². The summed E-state index contributed by atoms with van der Waals surface area (Å²) in [6.45, 7) is 9.11. The molecule has 0 spiro atoms. The number of thiophene rings is 1. The normalized spacial score (nSPS) is 14.6. The average Bonchev–Trinajstić information content (AvgIpc) is 3.30. The van der Waals surface area contributed by atoms with Gasteiger partial charge in [0.2, 0.25) is 11.8 Å². The average molecular weight is 548 g/mol. The SMILES string of the molecule is COc1ncccc1-c1c(C(N)=O)sc2cnc(Nc3ccc(CN4CCN(C)CC4)cc3OC(C)C)nc12. The summed E-state index contributed by atoms with van der Waals surface area (Å²) in [5, 5.41) is 3.33. The Labute approximate surface area is 231 Å². The second-order valence-corrected chi connectivity index (χ2v) is 10.9. The van der Waals surface area contributed by atoms with Crippen LogP contribution in [0.25, 0.3) is 21.3 Å². The van der Waals surface area contributed by atoms with Gasteiger partial charge >= 0.3 is 0 Å². The van der Waals surface area contributed by atoms with Crippen molar-refractivity contribution < 1.29 is 14.3 Å². The van der Waals surface area contributed by atoms with Crippen LogP contribution in [0.4, 0.5) is 11.6 Å². The van der Waals surface area contributed by atoms with E-state index in [0.29, 0.717) is 33.3 Å². The van der Waals surface area contributed by atoms with Gasteiger partial charge in [0, 0.05) is 50.0 Å². The van der Waals surface area contributed by atoms with Gasteiger partial charge in [0.25, 0.3) is 5.91 Å². The third-order valence-corrected chi connectivity index (χ3v) is 7.67. The van der Waals surface area contributed by atoms with Crippen molar-refractivity contribution >= 4 is 39.1 Å². The quantitative estimate of drug-likeness (QED) is 0.319. The van der Waals surface area contributed by atoms with Crippen LogP contribution in [0, 0.1) is 0 Å². The molecule has 39 heavy (non-hydrogen) atoms. The number of hydrogen-bond acceptors (Lipinski definition) is 10. The Morgan fingerprint density at radius 3 is 2.69 bits per heavy atom. The molecule has 0 bridgehead atoms. The molecule has 1 aliphatic heterocycles. The van der Waals surface area contributed by atoms with Crippen LogP contribution in [0.1, 0.15) is 29.1 Å². The molecule has 0 atom stereocenters. The van der Waals surface area contributed by atoms with Gasteiger partial charge in [-0.15, -0.1) is 11.3 Å². The number of anilines is 2. The predicted molar refractivity (Wildman–Crippen MR) is 154 cm³/mol. The zero-order valence-electron chi connectivity index (χ0n) is 22.6. The summed E-state index contributed by atoms with van der Waals surface area (Å²) in [5.74, 6) is 0.951. The van der Waals surface area contributed by atoms with Crippen molar-refractivity contribution in [1.82, 2.24) is 24.8 Å². The molecule has 1 fully saturated rings. The molecule has 204 valence electrons. The van der Waals surface area contributed by atoms with Crippen molar-refractivity contribution in [2.45, 2.75) is 26.5 Å². The molecule has 1 aromatic carbocycles. The summed E-state index contributed by atoms with van der Waals surface area (Å²) in [6.07, 6.45) is 3.32. The molecule has 4 aromatic rings. The summed E-state index contributed by atoms with van der Waals surface area (Å²) >= 11 is 1.25. The van der Waals surface area contributed by atoms with Crippen LogP contribution in [0.5, 0.6) is 11.6 Å². The van der Waals surface area contributed by atoms with E-state index in [1.54, 1.807) is 18.5 Å². The molecule has 3 aromatic heterocycles. The van der Waals surface area contributed by atoms with E-state index in [0.717, 1.165) is 48.9 Å². The summed E-state index contributed by atoms with van der Waals surface area (Å²) in [4.78, 5) is 31.2. The Morgan fingerprint density at radius 1 is 1.18 bits per heavy atom. The van der Waals surface area contributed by atoms with E-state index in [1.165, 1.54) is 24.0 Å². The number of likely N-dealkylation sites (N-methyl/N-ethyl adjacent to an activating group) is 1. The van der Waals surface area contributed by atoms with Crippen LogP contribution in [-0.2, 0) is 6.54 Å². The molecule has 0 aliphatic carbocycles. The third-order valence-electron chi connectivity index (χ3n) is 6.55. The van der Waals surface area contributed by atoms with E-state index in [4.69, 9.17) is 20.2 Å². The zero-order valence-corrected chi connectivity index (χ0v) is 23.4. The minimum Gasteiger partial charge on any atom is -0.489 e. The fourth-order valence-corrected chi connectivity index (χ4v) is 5.60. The molecule has 1 amide bonds. The van der Waals surface area contributed by atoms with Crippen LogP contribution in [0.15, 0.2) is 42.7 Å². The van der Waals surface area contributed by atoms with Crippen LogP contribution < -0.4 is 20.5 Å². The first-order valence-electron chi connectivity index (χ1n) is 12.9. The van der Waals surface area contributed by atoms with Gasteiger partial charge in [0.1, 0.15) is 10.6 Å². The second kappa shape index (κ2) is 11.5. The van der Waals surface area contributed by atoms with Gasteiger partial charge in [-0.3, -0.25) is 9.69 Å². The molecule has 1 aliphatic rings. The highest BCUT2D eigenvalue weighted by Gasteiger charge is 2.23. The Morgan fingerprint density at radius 2 is 1.97 bits per heavy atom. The highest BCUT2D eigenvalue weighted by atomic mass is 32.1. The smallest absolute Gasteiger partial charge is 0.259 e. The topological polar surface area (TPSA) is 119 Å². The van der Waals surface area contributed by atoms with Crippen molar-refractivity contribution in [2.75, 3.05) is 45.7 Å². The first-order valence-corrected chi connectivity index (χ1v) is 13.7. The number of nitrogens with one attached hydrogen (secondary N) is 1. The number of benzene rings is 1. The summed E-state index contributed by atoms with van der Waals surface area (Å²) < 4.78 is 12.4. The Balaban J connectivity index is 1.49. The van der Waals surface area contributed by atoms with Gasteiger partial charge < -0.3 is 25.4 Å². The van der Waals surface area contributed by atoms with E-state index in [-0.39, 0.29) is 6.10 Å². The van der Waals surface area contributed by atoms with Gasteiger partial charge in [-0.2, -0.15) is 0 Å². The fourth-order valence-electron chi connectivity index (χ4n) is 4.62. The lowest BCUT2D eigenvalue weighted by Gasteiger charge is -2.32. The Bertz CT molecular complexity index is 1480. The number of nitrogens with zero attached hydrogens (tertiary/aromatic N) is 5. The number of rotatable bonds is 9. The van der Waals surface area contributed by atoms with Crippen molar-refractivity contribution in [3.8, 4) is 22.8 Å². The minimum absolute atomic E-state index is 0.00696. The molecule has 1 saturated heterocycles. The molecule has 11 heteroatoms. The summed E-state index contributed by atoms with van der Waals surface area (Å²) in [6, 6.07) is 9.81. The van der Waals surface area contributed by atoms with Gasteiger partial charge in [0.05, 0.1) is 35.3 Å². The number of aromatic nitrogens is 3. The molecule has 0 saturated carbocycles. The molecule has 4 heterocycles. The van der Waals surface area contributed by atoms with E-state index in [1.807, 2.05) is 26.0 Å². The summed E-state index contributed by atoms with van der Waals surface area (Å²) in [7, 11) is 3.70. The highest BCUT2D eigenvalue weighted by molar-refractivity contribution is 7.21. The number of pyridine rings is 1. The Hall–Kier alpha value is -3.80. The van der Waals surface area contributed by atoms with Crippen molar-refractivity contribution in [3.63, 3.8) is 0 Å². The maximum Gasteiger partial charge on any atom is 0.259 e. The number of hydrogen-bond donors (Lipinski definition) is 2. The number of fused-ring (bicyclic) bond motifs is 1. The molecular weight excluding hydrogens is 514 g/mol. The van der Waals surface area contributed by atoms with Gasteiger partial charge in [-0.1, -0.05) is 6.07 Å². The van der Waals surface area contributed by atoms with Crippen LogP contribution in [0.2, 0.25) is 0 Å². The van der Waals surface area contributed by atoms with Gasteiger partial charge in [-0.05, 0) is 50.7 Å². The standard InChI is InChI=1S/C28H33N7O3S/c1-17(2)38-21-14-18(16-35-12-10-34(3)11-13-35)7-8-20(21)32-28-31-15-22-24(33-28)23(25(39-22)26(29)36)19-6-5-9-30-27(19)37-4/h5-9,14-15,17H,10-13,16H2,1-4H3,(H2,29,36)(H,31,32,33). The number of ether oxygens (including phenoxy) is 2. The number of methoxy groups -OCH3 is 1. The first kappa shape index (κ1) is 26.8. The lowest BCUT2D eigenvalue weighted by molar-refractivity contribution is 0.100. The number of nitrogens with two attached hydrogens (primary N) is 1. The number of carbonyl (C=O) groups is 1. The van der Waals surface area contributed by atoms with Crippen molar-refractivity contribution in [1.29, 1.82) is 0 Å². The van der Waals surface area contributed by atoms with Crippen LogP contribution >= 0.6 is 11.3 Å². The molecular formula is C28H33N7O3S. The fraction of sp³-hybridized carbons (Fsp3) is 0.357. The first-order chi connectivity index (χ1) is 18.8. The molecule has 3 N–H and O–H groups in total. The maximum absolute atomic E-state index is 12.4. The van der Waals surface area contributed by atoms with Crippen molar-refractivity contribution in [3.05, 3.63) is 53.2 Å². The van der Waals surface area contributed by atoms with Gasteiger partial charge in [0.15, 0.2) is 0 Å². The van der Waals surface area contributed by atoms with Crippen LogP contribution in [0.3, 0.4) is 0 Å². The van der Waals surface area contributed by atoms with Crippen LogP contribution in [-0.4, -0.2) is 77.1 Å². The molecule has 0 unspecified atom stereocenters. The van der Waals surface area contributed by atoms with Gasteiger partial charge in [-0.25, -0.2) is 15.0 Å². The molecule has 0 radical (unpaired) electrons. The Kier molecular flexibility index (Phi) is 7.92. The van der Waals surface area contributed by atoms with E-state index >= 15 is 0 Å². The molecule has 10 nitrogen and oxygen atoms in total. The lowest BCUT2D eigenvalue weighted by atomic mass is 10.1. The lowest BCUT2D eigenvalue weighted by Crippen LogP contribution is -2.43. The van der Waals surface area contributed by atoms with Crippen molar-refractivity contribution in [2.24, 2.45) is 5.73 Å². The number of primary amides is 1. The molecule has 5 rings (SSSR count). The number of carbonyl (C=O) groups excluding carboxylic acids is 1. The largest absolute Gasteiger partial charge is 0.489 e. The summed E-state index contributed by atoms with van der Waals surface area (Å²) in [5.41, 5.74) is 9.51. The van der Waals surface area contributed by atoms with E-state index in [2.05, 4.69) is 44.3 Å². The third kappa shape index (κ3) is 5.95. The second-order valence-electron chi connectivity index (χ2n) is 9.84. The predicted octanol–water partition coefficient (Wildman–Crippen LogP) is 4.14. The minimum atomic E-state index is -0.544. The maximum atomic E-state index is 12.4. The number of piperazine rings is 1. The number of amides is 1.